The quantitative estimate of drug-likeness (QED) is 0.644. The Labute approximate surface area is 160 Å². The maximum absolute atomic E-state index is 13.3. The molecule has 5 nitrogen and oxygen atoms in total. The Morgan fingerprint density at radius 2 is 1.67 bits per heavy atom. The van der Waals surface area contributed by atoms with Gasteiger partial charge in [-0.05, 0) is 41.5 Å². The Kier molecular flexibility index (Phi) is 3.49. The Bertz CT molecular complexity index is 1010. The largest absolute Gasteiger partial charge is 0.358 e. The first kappa shape index (κ1) is 16.3. The van der Waals surface area contributed by atoms with Crippen molar-refractivity contribution in [1.29, 1.82) is 0 Å². The van der Waals surface area contributed by atoms with Crippen molar-refractivity contribution >= 4 is 35.3 Å². The van der Waals surface area contributed by atoms with Gasteiger partial charge in [-0.3, -0.25) is 19.7 Å². The van der Waals surface area contributed by atoms with Crippen LogP contribution in [-0.4, -0.2) is 28.5 Å². The number of fused-ring (bicyclic) bond motifs is 5. The molecule has 134 valence electrons. The van der Waals surface area contributed by atoms with Crippen LogP contribution in [0, 0.1) is 11.8 Å². The standard InChI is InChI=1S/C21H15ClN2O3/c22-13-7-5-12(6-8-13)19(25)18-16-15(20(26)23-21(16)27)17-14-4-2-1-3-11(14)9-10-24(17)18/h1-10,15-18H,(H,23,26,27). The molecule has 0 radical (unpaired) electrons. The molecule has 6 heteroatoms. The van der Waals surface area contributed by atoms with E-state index in [0.29, 0.717) is 10.6 Å². The average molecular weight is 379 g/mol. The minimum absolute atomic E-state index is 0.182. The minimum Gasteiger partial charge on any atom is -0.358 e. The Morgan fingerprint density at radius 1 is 0.963 bits per heavy atom. The molecule has 5 rings (SSSR count). The van der Waals surface area contributed by atoms with Gasteiger partial charge in [0.05, 0.1) is 17.9 Å². The number of nitrogens with one attached hydrogen (secondary N) is 1. The summed E-state index contributed by atoms with van der Waals surface area (Å²) in [5.41, 5.74) is 2.44. The van der Waals surface area contributed by atoms with E-state index in [2.05, 4.69) is 5.32 Å². The summed E-state index contributed by atoms with van der Waals surface area (Å²) in [5, 5.41) is 2.96. The van der Waals surface area contributed by atoms with Gasteiger partial charge in [-0.25, -0.2) is 0 Å². The molecule has 2 aromatic carbocycles. The number of rotatable bonds is 2. The molecule has 0 saturated carbocycles. The molecule has 27 heavy (non-hydrogen) atoms. The van der Waals surface area contributed by atoms with Crippen molar-refractivity contribution < 1.29 is 14.4 Å². The second-order valence-corrected chi connectivity index (χ2v) is 7.49. The average Bonchev–Trinajstić information content (AvgIpc) is 3.17. The molecule has 4 atom stereocenters. The SMILES string of the molecule is O=C1NC(=O)C2C1C(C(=O)c1ccc(Cl)cc1)N1C=Cc3ccccc3C21. The number of hydrogen-bond acceptors (Lipinski definition) is 4. The molecule has 4 unspecified atom stereocenters. The van der Waals surface area contributed by atoms with E-state index in [9.17, 15) is 14.4 Å². The van der Waals surface area contributed by atoms with Crippen LogP contribution in [0.2, 0.25) is 5.02 Å². The molecule has 2 aromatic rings. The highest BCUT2D eigenvalue weighted by molar-refractivity contribution is 6.30. The molecule has 2 amide bonds. The van der Waals surface area contributed by atoms with Gasteiger partial charge in [-0.15, -0.1) is 0 Å². The fourth-order valence-electron chi connectivity index (χ4n) is 4.56. The molecule has 3 aliphatic rings. The summed E-state index contributed by atoms with van der Waals surface area (Å²) in [4.78, 5) is 40.3. The van der Waals surface area contributed by atoms with E-state index >= 15 is 0 Å². The highest BCUT2D eigenvalue weighted by Gasteiger charge is 2.61. The zero-order valence-corrected chi connectivity index (χ0v) is 14.9. The van der Waals surface area contributed by atoms with Crippen molar-refractivity contribution in [1.82, 2.24) is 10.2 Å². The number of Topliss-reactive ketones (excluding diaryl/α,β-unsaturated/α-hetero) is 1. The number of carbonyl (C=O) groups is 3. The van der Waals surface area contributed by atoms with Crippen molar-refractivity contribution in [3.05, 3.63) is 76.4 Å². The molecule has 1 N–H and O–H groups in total. The third kappa shape index (κ3) is 2.28. The Morgan fingerprint density at radius 3 is 2.44 bits per heavy atom. The van der Waals surface area contributed by atoms with Gasteiger partial charge < -0.3 is 4.90 Å². The fourth-order valence-corrected chi connectivity index (χ4v) is 4.69. The van der Waals surface area contributed by atoms with E-state index < -0.39 is 17.9 Å². The normalized spacial score (nSPS) is 27.8. The lowest BCUT2D eigenvalue weighted by Gasteiger charge is -2.34. The van der Waals surface area contributed by atoms with Crippen LogP contribution in [0.3, 0.4) is 0 Å². The van der Waals surface area contributed by atoms with Gasteiger partial charge >= 0.3 is 0 Å². The fraction of sp³-hybridized carbons (Fsp3) is 0.190. The lowest BCUT2D eigenvalue weighted by atomic mass is 9.83. The number of amides is 2. The van der Waals surface area contributed by atoms with Crippen LogP contribution < -0.4 is 5.32 Å². The van der Waals surface area contributed by atoms with Crippen LogP contribution >= 0.6 is 11.6 Å². The lowest BCUT2D eigenvalue weighted by Crippen LogP contribution is -2.42. The maximum atomic E-state index is 13.3. The molecule has 2 saturated heterocycles. The number of carbonyl (C=O) groups excluding carboxylic acids is 3. The van der Waals surface area contributed by atoms with Gasteiger partial charge in [0.1, 0.15) is 6.04 Å². The zero-order chi connectivity index (χ0) is 18.7. The summed E-state index contributed by atoms with van der Waals surface area (Å²) in [6.07, 6.45) is 3.77. The number of ketones is 1. The number of halogens is 1. The molecule has 0 aliphatic carbocycles. The highest BCUT2D eigenvalue weighted by Crippen LogP contribution is 2.51. The monoisotopic (exact) mass is 378 g/mol. The van der Waals surface area contributed by atoms with Crippen molar-refractivity contribution in [2.75, 3.05) is 0 Å². The summed E-state index contributed by atoms with van der Waals surface area (Å²) in [5.74, 6) is -2.15. The molecule has 3 heterocycles. The first-order chi connectivity index (χ1) is 13.1. The van der Waals surface area contributed by atoms with Gasteiger partial charge in [0.15, 0.2) is 5.78 Å². The zero-order valence-electron chi connectivity index (χ0n) is 14.1. The molecular weight excluding hydrogens is 364 g/mol. The smallest absolute Gasteiger partial charge is 0.233 e. The highest BCUT2D eigenvalue weighted by atomic mass is 35.5. The van der Waals surface area contributed by atoms with Crippen LogP contribution in [0.15, 0.2) is 54.7 Å². The van der Waals surface area contributed by atoms with E-state index in [-0.39, 0.29) is 23.6 Å². The van der Waals surface area contributed by atoms with E-state index in [1.54, 1.807) is 24.3 Å². The van der Waals surface area contributed by atoms with Crippen molar-refractivity contribution in [2.45, 2.75) is 12.1 Å². The van der Waals surface area contributed by atoms with Gasteiger partial charge in [0.2, 0.25) is 11.8 Å². The number of hydrogen-bond donors (Lipinski definition) is 1. The Balaban J connectivity index is 1.64. The van der Waals surface area contributed by atoms with Crippen LogP contribution in [-0.2, 0) is 9.59 Å². The van der Waals surface area contributed by atoms with E-state index in [0.717, 1.165) is 11.1 Å². The molecule has 0 aromatic heterocycles. The third-order valence-corrected chi connectivity index (χ3v) is 5.95. The molecule has 2 fully saturated rings. The molecular formula is C21H15ClN2O3. The number of imide groups is 1. The topological polar surface area (TPSA) is 66.5 Å². The van der Waals surface area contributed by atoms with Crippen LogP contribution in [0.25, 0.3) is 6.08 Å². The van der Waals surface area contributed by atoms with E-state index in [4.69, 9.17) is 11.6 Å². The molecule has 0 bridgehead atoms. The number of nitrogens with zero attached hydrogens (tertiary/aromatic N) is 1. The van der Waals surface area contributed by atoms with Gasteiger partial charge in [0.25, 0.3) is 0 Å². The van der Waals surface area contributed by atoms with Crippen molar-refractivity contribution in [2.24, 2.45) is 11.8 Å². The predicted molar refractivity (Wildman–Crippen MR) is 99.8 cm³/mol. The second kappa shape index (κ2) is 5.79. The lowest BCUT2D eigenvalue weighted by molar-refractivity contribution is -0.127. The van der Waals surface area contributed by atoms with Crippen LogP contribution in [0.5, 0.6) is 0 Å². The third-order valence-electron chi connectivity index (χ3n) is 5.70. The van der Waals surface area contributed by atoms with Gasteiger partial charge in [-0.2, -0.15) is 0 Å². The first-order valence-corrected chi connectivity index (χ1v) is 9.13. The van der Waals surface area contributed by atoms with Crippen molar-refractivity contribution in [3.8, 4) is 0 Å². The van der Waals surface area contributed by atoms with Gasteiger partial charge in [-0.1, -0.05) is 35.9 Å². The summed E-state index contributed by atoms with van der Waals surface area (Å²) >= 11 is 5.93. The van der Waals surface area contributed by atoms with Crippen molar-refractivity contribution in [3.63, 3.8) is 0 Å². The van der Waals surface area contributed by atoms with E-state index in [1.807, 2.05) is 41.4 Å². The predicted octanol–water partition coefficient (Wildman–Crippen LogP) is 2.82. The first-order valence-electron chi connectivity index (χ1n) is 8.75. The number of benzene rings is 2. The second-order valence-electron chi connectivity index (χ2n) is 7.06. The Hall–Kier alpha value is -2.92. The molecule has 0 spiro atoms. The van der Waals surface area contributed by atoms with Crippen LogP contribution in [0.1, 0.15) is 27.5 Å². The summed E-state index contributed by atoms with van der Waals surface area (Å²) in [6.45, 7) is 0. The molecule has 3 aliphatic heterocycles. The van der Waals surface area contributed by atoms with Crippen LogP contribution in [0.4, 0.5) is 0 Å². The van der Waals surface area contributed by atoms with E-state index in [1.165, 1.54) is 0 Å². The summed E-state index contributed by atoms with van der Waals surface area (Å²) < 4.78 is 0. The maximum Gasteiger partial charge on any atom is 0.233 e. The van der Waals surface area contributed by atoms with Gasteiger partial charge in [0, 0.05) is 16.8 Å². The summed E-state index contributed by atoms with van der Waals surface area (Å²) in [7, 11) is 0. The minimum atomic E-state index is -0.725. The summed E-state index contributed by atoms with van der Waals surface area (Å²) in [6, 6.07) is 13.3.